The molecule has 2 aliphatic rings. The molecular weight excluding hydrogens is 256 g/mol. The van der Waals surface area contributed by atoms with E-state index in [1.807, 2.05) is 23.6 Å². The Hall–Kier alpha value is -1.10. The first kappa shape index (κ1) is 15.3. The zero-order chi connectivity index (χ0) is 14.5. The smallest absolute Gasteiger partial charge is 0.225 e. The van der Waals surface area contributed by atoms with Crippen molar-refractivity contribution in [1.82, 2.24) is 9.80 Å². The van der Waals surface area contributed by atoms with Crippen molar-refractivity contribution >= 4 is 11.8 Å². The van der Waals surface area contributed by atoms with Crippen molar-refractivity contribution in [3.8, 4) is 0 Å². The fourth-order valence-corrected chi connectivity index (χ4v) is 2.88. The minimum atomic E-state index is -0.138. The van der Waals surface area contributed by atoms with Crippen LogP contribution in [0.15, 0.2) is 0 Å². The van der Waals surface area contributed by atoms with E-state index in [9.17, 15) is 9.59 Å². The van der Waals surface area contributed by atoms with Gasteiger partial charge in [0.2, 0.25) is 11.8 Å². The van der Waals surface area contributed by atoms with E-state index in [0.717, 1.165) is 25.9 Å². The van der Waals surface area contributed by atoms with Gasteiger partial charge in [0.05, 0.1) is 19.1 Å². The van der Waals surface area contributed by atoms with Gasteiger partial charge in [-0.2, -0.15) is 0 Å². The number of amides is 2. The van der Waals surface area contributed by atoms with Crippen molar-refractivity contribution in [2.45, 2.75) is 45.6 Å². The van der Waals surface area contributed by atoms with E-state index in [4.69, 9.17) is 4.74 Å². The molecule has 1 atom stereocenters. The van der Waals surface area contributed by atoms with E-state index in [2.05, 4.69) is 0 Å². The first-order chi connectivity index (χ1) is 9.58. The summed E-state index contributed by atoms with van der Waals surface area (Å²) in [7, 11) is 0. The third kappa shape index (κ3) is 3.95. The van der Waals surface area contributed by atoms with E-state index in [1.165, 1.54) is 6.42 Å². The second-order valence-electron chi connectivity index (χ2n) is 6.08. The van der Waals surface area contributed by atoms with Gasteiger partial charge < -0.3 is 14.5 Å². The van der Waals surface area contributed by atoms with Gasteiger partial charge >= 0.3 is 0 Å². The molecule has 0 aromatic carbocycles. The first-order valence-electron chi connectivity index (χ1n) is 7.76. The fraction of sp³-hybridized carbons (Fsp3) is 0.867. The topological polar surface area (TPSA) is 49.9 Å². The number of hydrogen-bond acceptors (Lipinski definition) is 3. The molecule has 0 saturated carbocycles. The Bertz CT molecular complexity index is 351. The Kier molecular flexibility index (Phi) is 5.40. The summed E-state index contributed by atoms with van der Waals surface area (Å²) < 4.78 is 5.66. The predicted molar refractivity (Wildman–Crippen MR) is 76.2 cm³/mol. The molecule has 0 radical (unpaired) electrons. The first-order valence-corrected chi connectivity index (χ1v) is 7.76. The number of likely N-dealkylation sites (tertiary alicyclic amines) is 1. The molecule has 0 aromatic rings. The van der Waals surface area contributed by atoms with Gasteiger partial charge in [-0.05, 0) is 19.3 Å². The Morgan fingerprint density at radius 1 is 1.10 bits per heavy atom. The van der Waals surface area contributed by atoms with Gasteiger partial charge in [0.15, 0.2) is 0 Å². The summed E-state index contributed by atoms with van der Waals surface area (Å²) >= 11 is 0. The van der Waals surface area contributed by atoms with E-state index in [1.54, 1.807) is 0 Å². The normalized spacial score (nSPS) is 24.1. The summed E-state index contributed by atoms with van der Waals surface area (Å²) in [5.41, 5.74) is 0. The molecule has 0 aliphatic carbocycles. The zero-order valence-electron chi connectivity index (χ0n) is 12.6. The molecule has 114 valence electrons. The number of carbonyl (C=O) groups excluding carboxylic acids is 2. The van der Waals surface area contributed by atoms with Crippen molar-refractivity contribution < 1.29 is 14.3 Å². The second kappa shape index (κ2) is 7.07. The molecule has 2 rings (SSSR count). The molecule has 0 bridgehead atoms. The molecule has 2 fully saturated rings. The van der Waals surface area contributed by atoms with Crippen molar-refractivity contribution in [2.24, 2.45) is 5.92 Å². The lowest BCUT2D eigenvalue weighted by Gasteiger charge is -2.35. The summed E-state index contributed by atoms with van der Waals surface area (Å²) in [6.45, 7) is 7.30. The summed E-state index contributed by atoms with van der Waals surface area (Å²) in [6.07, 6.45) is 3.70. The number of rotatable bonds is 3. The van der Waals surface area contributed by atoms with Gasteiger partial charge in [-0.15, -0.1) is 0 Å². The van der Waals surface area contributed by atoms with Crippen LogP contribution in [0.5, 0.6) is 0 Å². The summed E-state index contributed by atoms with van der Waals surface area (Å²) in [6, 6.07) is 0. The van der Waals surface area contributed by atoms with Crippen LogP contribution in [0.4, 0.5) is 0 Å². The van der Waals surface area contributed by atoms with E-state index >= 15 is 0 Å². The highest BCUT2D eigenvalue weighted by Crippen LogP contribution is 2.15. The van der Waals surface area contributed by atoms with Gasteiger partial charge in [-0.25, -0.2) is 0 Å². The zero-order valence-corrected chi connectivity index (χ0v) is 12.6. The predicted octanol–water partition coefficient (Wildman–Crippen LogP) is 1.27. The fourth-order valence-electron chi connectivity index (χ4n) is 2.88. The van der Waals surface area contributed by atoms with Crippen LogP contribution in [0.3, 0.4) is 0 Å². The summed E-state index contributed by atoms with van der Waals surface area (Å²) in [4.78, 5) is 28.0. The number of carbonyl (C=O) groups is 2. The van der Waals surface area contributed by atoms with Crippen molar-refractivity contribution in [2.75, 3.05) is 32.8 Å². The van der Waals surface area contributed by atoms with E-state index < -0.39 is 0 Å². The average molecular weight is 282 g/mol. The molecule has 20 heavy (non-hydrogen) atoms. The molecule has 2 heterocycles. The van der Waals surface area contributed by atoms with E-state index in [-0.39, 0.29) is 23.8 Å². The van der Waals surface area contributed by atoms with Crippen molar-refractivity contribution in [1.29, 1.82) is 0 Å². The van der Waals surface area contributed by atoms with Crippen LogP contribution < -0.4 is 0 Å². The van der Waals surface area contributed by atoms with Crippen LogP contribution >= 0.6 is 0 Å². The minimum Gasteiger partial charge on any atom is -0.374 e. The Balaban J connectivity index is 1.83. The van der Waals surface area contributed by atoms with Crippen LogP contribution in [0.2, 0.25) is 0 Å². The minimum absolute atomic E-state index is 0.00606. The molecule has 2 amide bonds. The summed E-state index contributed by atoms with van der Waals surface area (Å²) in [5.74, 6) is 0.337. The molecule has 5 heteroatoms. The molecule has 0 aromatic heterocycles. The van der Waals surface area contributed by atoms with Crippen molar-refractivity contribution in [3.63, 3.8) is 0 Å². The van der Waals surface area contributed by atoms with Crippen LogP contribution in [0.25, 0.3) is 0 Å². The highest BCUT2D eigenvalue weighted by atomic mass is 16.5. The largest absolute Gasteiger partial charge is 0.374 e. The third-order valence-corrected chi connectivity index (χ3v) is 4.06. The van der Waals surface area contributed by atoms with Crippen LogP contribution in [0.1, 0.15) is 39.5 Å². The van der Waals surface area contributed by atoms with Crippen molar-refractivity contribution in [3.05, 3.63) is 0 Å². The van der Waals surface area contributed by atoms with Crippen LogP contribution in [-0.2, 0) is 14.3 Å². The maximum atomic E-state index is 12.2. The van der Waals surface area contributed by atoms with Gasteiger partial charge in [0.1, 0.15) is 0 Å². The number of ether oxygens (including phenoxy) is 1. The summed E-state index contributed by atoms with van der Waals surface area (Å²) in [5, 5.41) is 0. The Labute approximate surface area is 121 Å². The lowest BCUT2D eigenvalue weighted by Crippen LogP contribution is -2.49. The van der Waals surface area contributed by atoms with Crippen LogP contribution in [0, 0.1) is 5.92 Å². The van der Waals surface area contributed by atoms with Gasteiger partial charge in [-0.1, -0.05) is 13.8 Å². The average Bonchev–Trinajstić information content (AvgIpc) is 2.47. The standard InChI is InChI=1S/C15H26N2O3/c1-12(2)15(19)17-8-9-20-13(11-17)10-14(18)16-6-4-3-5-7-16/h12-13H,3-11H2,1-2H3. The molecule has 0 N–H and O–H groups in total. The maximum absolute atomic E-state index is 12.2. The van der Waals surface area contributed by atoms with Gasteiger partial charge in [0.25, 0.3) is 0 Å². The van der Waals surface area contributed by atoms with Gasteiger partial charge in [-0.3, -0.25) is 9.59 Å². The second-order valence-corrected chi connectivity index (χ2v) is 6.08. The lowest BCUT2D eigenvalue weighted by atomic mass is 10.1. The SMILES string of the molecule is CC(C)C(=O)N1CCOC(CC(=O)N2CCCCC2)C1. The monoisotopic (exact) mass is 282 g/mol. The quantitative estimate of drug-likeness (QED) is 0.783. The third-order valence-electron chi connectivity index (χ3n) is 4.06. The van der Waals surface area contributed by atoms with Crippen LogP contribution in [-0.4, -0.2) is 60.5 Å². The number of hydrogen-bond donors (Lipinski definition) is 0. The Morgan fingerprint density at radius 2 is 1.80 bits per heavy atom. The lowest BCUT2D eigenvalue weighted by molar-refractivity contribution is -0.146. The Morgan fingerprint density at radius 3 is 2.45 bits per heavy atom. The highest BCUT2D eigenvalue weighted by Gasteiger charge is 2.28. The molecular formula is C15H26N2O3. The molecule has 0 spiro atoms. The molecule has 1 unspecified atom stereocenters. The molecule has 2 aliphatic heterocycles. The number of piperidine rings is 1. The highest BCUT2D eigenvalue weighted by molar-refractivity contribution is 5.79. The van der Waals surface area contributed by atoms with E-state index in [0.29, 0.717) is 26.1 Å². The molecule has 2 saturated heterocycles. The maximum Gasteiger partial charge on any atom is 0.225 e. The molecule has 5 nitrogen and oxygen atoms in total. The number of morpholine rings is 1. The van der Waals surface area contributed by atoms with Gasteiger partial charge in [0, 0.05) is 32.1 Å². The number of nitrogens with zero attached hydrogens (tertiary/aromatic N) is 2.